The van der Waals surface area contributed by atoms with E-state index in [1.54, 1.807) is 4.90 Å². The number of rotatable bonds is 3. The van der Waals surface area contributed by atoms with Crippen molar-refractivity contribution in [2.45, 2.75) is 18.6 Å². The lowest BCUT2D eigenvalue weighted by molar-refractivity contribution is -0.125. The number of fused-ring (bicyclic) bond motifs is 5. The molecule has 6 rings (SSSR count). The smallest absolute Gasteiger partial charge is 0.248 e. The van der Waals surface area contributed by atoms with Crippen LogP contribution in [-0.4, -0.2) is 33.4 Å². The van der Waals surface area contributed by atoms with Gasteiger partial charge >= 0.3 is 0 Å². The number of amides is 2. The van der Waals surface area contributed by atoms with Gasteiger partial charge in [0.1, 0.15) is 6.04 Å². The molecule has 8 heteroatoms. The highest BCUT2D eigenvalue weighted by Crippen LogP contribution is 2.37. The summed E-state index contributed by atoms with van der Waals surface area (Å²) in [5, 5.41) is 5.78. The van der Waals surface area contributed by atoms with E-state index in [-0.39, 0.29) is 18.2 Å². The minimum Gasteiger partial charge on any atom is -0.324 e. The molecule has 2 unspecified atom stereocenters. The first-order chi connectivity index (χ1) is 16.2. The molecule has 0 radical (unpaired) electrons. The van der Waals surface area contributed by atoms with Gasteiger partial charge in [0.25, 0.3) is 0 Å². The summed E-state index contributed by atoms with van der Waals surface area (Å²) in [6, 6.07) is 26.1. The molecule has 162 valence electrons. The number of aliphatic imine (C=N–C) groups is 1. The van der Waals surface area contributed by atoms with Gasteiger partial charge in [-0.25, -0.2) is 9.98 Å². The Morgan fingerprint density at radius 3 is 2.42 bits per heavy atom. The van der Waals surface area contributed by atoms with Crippen LogP contribution in [0.2, 0.25) is 0 Å². The molecule has 8 nitrogen and oxygen atoms in total. The van der Waals surface area contributed by atoms with Gasteiger partial charge in [-0.1, -0.05) is 60.7 Å². The summed E-state index contributed by atoms with van der Waals surface area (Å²) < 4.78 is 2.02. The summed E-state index contributed by atoms with van der Waals surface area (Å²) in [6.07, 6.45) is -0.423. The average molecular weight is 436 g/mol. The van der Waals surface area contributed by atoms with Crippen molar-refractivity contribution in [2.75, 3.05) is 10.2 Å². The van der Waals surface area contributed by atoms with E-state index in [2.05, 4.69) is 10.6 Å². The molecule has 1 saturated heterocycles. The van der Waals surface area contributed by atoms with Gasteiger partial charge in [-0.2, -0.15) is 0 Å². The van der Waals surface area contributed by atoms with Gasteiger partial charge in [-0.15, -0.1) is 0 Å². The molecule has 0 saturated carbocycles. The molecule has 2 N–H and O–H groups in total. The van der Waals surface area contributed by atoms with Crippen molar-refractivity contribution >= 4 is 40.4 Å². The highest BCUT2D eigenvalue weighted by atomic mass is 16.2. The van der Waals surface area contributed by atoms with E-state index in [0.29, 0.717) is 17.6 Å². The molecule has 1 aromatic heterocycles. The van der Waals surface area contributed by atoms with Gasteiger partial charge in [0, 0.05) is 5.69 Å². The Balaban J connectivity index is 1.49. The summed E-state index contributed by atoms with van der Waals surface area (Å²) in [4.78, 5) is 37.4. The normalized spacial score (nSPS) is 19.3. The van der Waals surface area contributed by atoms with Crippen LogP contribution in [0.1, 0.15) is 18.2 Å². The van der Waals surface area contributed by atoms with Crippen molar-refractivity contribution in [3.05, 3.63) is 90.5 Å². The van der Waals surface area contributed by atoms with Crippen LogP contribution in [0.5, 0.6) is 0 Å². The minimum absolute atomic E-state index is 0.00308. The van der Waals surface area contributed by atoms with E-state index in [1.165, 1.54) is 0 Å². The van der Waals surface area contributed by atoms with Crippen LogP contribution in [0, 0.1) is 0 Å². The highest BCUT2D eigenvalue weighted by Gasteiger charge is 2.43. The summed E-state index contributed by atoms with van der Waals surface area (Å²) in [6.45, 7) is 0. The van der Waals surface area contributed by atoms with Crippen molar-refractivity contribution < 1.29 is 9.59 Å². The first kappa shape index (κ1) is 19.2. The second-order valence-electron chi connectivity index (χ2n) is 8.00. The van der Waals surface area contributed by atoms with Crippen molar-refractivity contribution in [2.24, 2.45) is 4.99 Å². The Labute approximate surface area is 189 Å². The maximum atomic E-state index is 13.3. The zero-order valence-corrected chi connectivity index (χ0v) is 17.6. The van der Waals surface area contributed by atoms with Crippen molar-refractivity contribution in [3.8, 4) is 0 Å². The van der Waals surface area contributed by atoms with Gasteiger partial charge < -0.3 is 5.32 Å². The van der Waals surface area contributed by atoms with E-state index in [1.807, 2.05) is 89.5 Å². The predicted octanol–water partition coefficient (Wildman–Crippen LogP) is 3.29. The monoisotopic (exact) mass is 436 g/mol. The average Bonchev–Trinajstić information content (AvgIpc) is 3.23. The number of benzene rings is 3. The maximum absolute atomic E-state index is 13.3. The van der Waals surface area contributed by atoms with E-state index < -0.39 is 12.2 Å². The molecule has 2 aliphatic rings. The second-order valence-corrected chi connectivity index (χ2v) is 8.00. The summed E-state index contributed by atoms with van der Waals surface area (Å²) in [5.41, 5.74) is 3.33. The molecule has 2 atom stereocenters. The topological polar surface area (TPSA) is 91.6 Å². The highest BCUT2D eigenvalue weighted by molar-refractivity contribution is 6.15. The standard InChI is InChI=1S/C25H20N6O2/c32-21-15-20(23(33)26-17-11-5-2-6-12-17)31-24(28-21)29-22(16-9-3-1-4-10-16)30-19-14-8-7-13-18(19)27-25(30)31/h1-14,20,22H,15H2,(H,26,33)(H,28,29,32). The Bertz CT molecular complexity index is 1400. The molecule has 3 heterocycles. The number of para-hydroxylation sites is 3. The van der Waals surface area contributed by atoms with E-state index in [4.69, 9.17) is 9.98 Å². The number of hydrogen-bond donors (Lipinski definition) is 2. The molecule has 1 fully saturated rings. The minimum atomic E-state index is -0.787. The largest absolute Gasteiger partial charge is 0.324 e. The van der Waals surface area contributed by atoms with Crippen molar-refractivity contribution in [1.82, 2.24) is 14.9 Å². The van der Waals surface area contributed by atoms with Gasteiger partial charge in [0.15, 0.2) is 6.17 Å². The molecule has 0 aliphatic carbocycles. The maximum Gasteiger partial charge on any atom is 0.248 e. The van der Waals surface area contributed by atoms with Crippen LogP contribution >= 0.6 is 0 Å². The van der Waals surface area contributed by atoms with Crippen molar-refractivity contribution in [3.63, 3.8) is 0 Å². The van der Waals surface area contributed by atoms with Crippen molar-refractivity contribution in [1.29, 1.82) is 0 Å². The Morgan fingerprint density at radius 2 is 1.64 bits per heavy atom. The number of anilines is 2. The summed E-state index contributed by atoms with van der Waals surface area (Å²) in [7, 11) is 0. The number of nitrogens with zero attached hydrogens (tertiary/aromatic N) is 4. The number of imidazole rings is 1. The third-order valence-electron chi connectivity index (χ3n) is 5.89. The number of hydrogen-bond acceptors (Lipinski definition) is 5. The molecule has 2 amide bonds. The van der Waals surface area contributed by atoms with E-state index in [9.17, 15) is 9.59 Å². The van der Waals surface area contributed by atoms with Crippen LogP contribution in [0.15, 0.2) is 89.9 Å². The lowest BCUT2D eigenvalue weighted by Gasteiger charge is -2.40. The third kappa shape index (κ3) is 3.23. The lowest BCUT2D eigenvalue weighted by atomic mass is 10.1. The molecule has 0 spiro atoms. The fraction of sp³-hybridized carbons (Fsp3) is 0.120. The molecular weight excluding hydrogens is 416 g/mol. The quantitative estimate of drug-likeness (QED) is 0.516. The van der Waals surface area contributed by atoms with Gasteiger partial charge in [-0.05, 0) is 29.8 Å². The van der Waals surface area contributed by atoms with E-state index in [0.717, 1.165) is 16.6 Å². The Kier molecular flexibility index (Phi) is 4.43. The first-order valence-electron chi connectivity index (χ1n) is 10.7. The molecule has 3 aromatic carbocycles. The number of nitrogens with one attached hydrogen (secondary N) is 2. The number of carbonyl (C=O) groups excluding carboxylic acids is 2. The predicted molar refractivity (Wildman–Crippen MR) is 126 cm³/mol. The molecule has 2 aliphatic heterocycles. The van der Waals surface area contributed by atoms with Gasteiger partial charge in [0.2, 0.25) is 23.7 Å². The van der Waals surface area contributed by atoms with E-state index >= 15 is 0 Å². The molecule has 4 aromatic rings. The fourth-order valence-electron chi connectivity index (χ4n) is 4.40. The second kappa shape index (κ2) is 7.59. The molecule has 33 heavy (non-hydrogen) atoms. The Hall–Kier alpha value is -4.46. The lowest BCUT2D eigenvalue weighted by Crippen LogP contribution is -2.62. The van der Waals surface area contributed by atoms with Gasteiger partial charge in [-0.3, -0.25) is 24.4 Å². The SMILES string of the molecule is O=C1CC(C(=O)Nc2ccccc2)N2C(=NC(c3ccccc3)n3c2nc2ccccc23)N1. The van der Waals surface area contributed by atoms with Gasteiger partial charge in [0.05, 0.1) is 17.5 Å². The molecular formula is C25H20N6O2. The summed E-state index contributed by atoms with van der Waals surface area (Å²) in [5.74, 6) is 0.356. The van der Waals surface area contributed by atoms with Crippen LogP contribution in [0.3, 0.4) is 0 Å². The van der Waals surface area contributed by atoms with Crippen LogP contribution < -0.4 is 15.5 Å². The Morgan fingerprint density at radius 1 is 0.939 bits per heavy atom. The summed E-state index contributed by atoms with van der Waals surface area (Å²) >= 11 is 0. The third-order valence-corrected chi connectivity index (χ3v) is 5.89. The number of aromatic nitrogens is 2. The van der Waals surface area contributed by atoms with Crippen LogP contribution in [0.4, 0.5) is 11.6 Å². The van der Waals surface area contributed by atoms with Crippen LogP contribution in [-0.2, 0) is 9.59 Å². The van der Waals surface area contributed by atoms with Crippen LogP contribution in [0.25, 0.3) is 11.0 Å². The zero-order valence-electron chi connectivity index (χ0n) is 17.6. The first-order valence-corrected chi connectivity index (χ1v) is 10.7. The fourth-order valence-corrected chi connectivity index (χ4v) is 4.40. The number of guanidine groups is 1. The zero-order chi connectivity index (χ0) is 22.4. The number of carbonyl (C=O) groups is 2. The molecule has 0 bridgehead atoms.